The summed E-state index contributed by atoms with van der Waals surface area (Å²) in [5.74, 6) is -1.23. The van der Waals surface area contributed by atoms with Crippen molar-refractivity contribution in [2.75, 3.05) is 13.1 Å². The average Bonchev–Trinajstić information content (AvgIpc) is 2.68. The largest absolute Gasteiger partial charge is 0.391 e. The molecule has 1 aromatic rings. The highest BCUT2D eigenvalue weighted by Gasteiger charge is 2.42. The molecule has 27 heavy (non-hydrogen) atoms. The van der Waals surface area contributed by atoms with E-state index in [0.29, 0.717) is 38.8 Å². The quantitative estimate of drug-likeness (QED) is 0.818. The summed E-state index contributed by atoms with van der Waals surface area (Å²) in [7, 11) is 0. The third kappa shape index (κ3) is 5.15. The van der Waals surface area contributed by atoms with Crippen molar-refractivity contribution in [2.24, 2.45) is 11.8 Å². The monoisotopic (exact) mass is 384 g/mol. The third-order valence-electron chi connectivity index (χ3n) is 5.88. The number of urea groups is 1. The van der Waals surface area contributed by atoms with Gasteiger partial charge in [0.2, 0.25) is 0 Å². The fourth-order valence-electron chi connectivity index (χ4n) is 4.22. The van der Waals surface area contributed by atoms with Crippen LogP contribution in [-0.2, 0) is 0 Å². The Hall–Kier alpha value is -1.76. The highest BCUT2D eigenvalue weighted by molar-refractivity contribution is 5.74. The van der Waals surface area contributed by atoms with E-state index in [1.807, 2.05) is 30.3 Å². The van der Waals surface area contributed by atoms with E-state index in [2.05, 4.69) is 5.32 Å². The smallest absolute Gasteiger partial charge is 0.388 e. The minimum atomic E-state index is -4.19. The Labute approximate surface area is 157 Å². The number of piperidine rings is 1. The van der Waals surface area contributed by atoms with Crippen LogP contribution < -0.4 is 5.32 Å². The van der Waals surface area contributed by atoms with Gasteiger partial charge in [-0.05, 0) is 43.6 Å². The topological polar surface area (TPSA) is 52.6 Å². The van der Waals surface area contributed by atoms with Gasteiger partial charge in [0.15, 0.2) is 0 Å². The van der Waals surface area contributed by atoms with Gasteiger partial charge in [-0.15, -0.1) is 0 Å². The summed E-state index contributed by atoms with van der Waals surface area (Å²) in [5, 5.41) is 13.3. The first-order valence-electron chi connectivity index (χ1n) is 9.69. The minimum absolute atomic E-state index is 0.0293. The zero-order chi connectivity index (χ0) is 19.4. The van der Waals surface area contributed by atoms with E-state index in [9.17, 15) is 23.1 Å². The van der Waals surface area contributed by atoms with Crippen molar-refractivity contribution in [3.8, 4) is 0 Å². The molecule has 3 atom stereocenters. The van der Waals surface area contributed by atoms with Crippen LogP contribution in [-0.4, -0.2) is 41.3 Å². The van der Waals surface area contributed by atoms with Gasteiger partial charge in [0, 0.05) is 19.1 Å². The standard InChI is InChI=1S/C20H27F3N2O2/c21-20(22,23)16-7-4-8-17(13-16)24-19(27)25-11-9-15(10-12-25)18(26)14-5-2-1-3-6-14/h1-3,5-6,15-18,26H,4,7-13H2,(H,24,27). The molecule has 1 aliphatic carbocycles. The Bertz CT molecular complexity index is 615. The lowest BCUT2D eigenvalue weighted by molar-refractivity contribution is -0.183. The van der Waals surface area contributed by atoms with Crippen molar-refractivity contribution in [1.29, 1.82) is 0 Å². The van der Waals surface area contributed by atoms with Crippen molar-refractivity contribution >= 4 is 6.03 Å². The molecule has 1 aliphatic heterocycles. The molecule has 1 heterocycles. The lowest BCUT2D eigenvalue weighted by Crippen LogP contribution is -2.50. The van der Waals surface area contributed by atoms with Crippen molar-refractivity contribution in [2.45, 2.75) is 56.8 Å². The highest BCUT2D eigenvalue weighted by Crippen LogP contribution is 2.37. The van der Waals surface area contributed by atoms with Crippen LogP contribution in [0.15, 0.2) is 30.3 Å². The zero-order valence-corrected chi connectivity index (χ0v) is 15.3. The highest BCUT2D eigenvalue weighted by atomic mass is 19.4. The number of nitrogens with zero attached hydrogens (tertiary/aromatic N) is 1. The van der Waals surface area contributed by atoms with Gasteiger partial charge in [-0.3, -0.25) is 0 Å². The van der Waals surface area contributed by atoms with E-state index < -0.39 is 24.2 Å². The number of amides is 2. The Morgan fingerprint density at radius 1 is 1.11 bits per heavy atom. The van der Waals surface area contributed by atoms with Crippen LogP contribution in [0.4, 0.5) is 18.0 Å². The molecule has 4 nitrogen and oxygen atoms in total. The Balaban J connectivity index is 1.47. The molecule has 2 aliphatic rings. The summed E-state index contributed by atoms with van der Waals surface area (Å²) in [6.45, 7) is 1.02. The molecular formula is C20H27F3N2O2. The molecular weight excluding hydrogens is 357 g/mol. The molecule has 0 radical (unpaired) electrons. The van der Waals surface area contributed by atoms with Gasteiger partial charge < -0.3 is 15.3 Å². The maximum Gasteiger partial charge on any atom is 0.391 e. The number of hydrogen-bond acceptors (Lipinski definition) is 2. The summed E-state index contributed by atoms with van der Waals surface area (Å²) in [5.41, 5.74) is 0.876. The molecule has 3 rings (SSSR count). The second-order valence-corrected chi connectivity index (χ2v) is 7.73. The average molecular weight is 384 g/mol. The second-order valence-electron chi connectivity index (χ2n) is 7.73. The van der Waals surface area contributed by atoms with E-state index in [4.69, 9.17) is 0 Å². The fourth-order valence-corrected chi connectivity index (χ4v) is 4.22. The maximum atomic E-state index is 12.9. The molecule has 2 N–H and O–H groups in total. The van der Waals surface area contributed by atoms with Gasteiger partial charge in [0.25, 0.3) is 0 Å². The Kier molecular flexibility index (Phi) is 6.29. The van der Waals surface area contributed by atoms with Crippen LogP contribution in [0.3, 0.4) is 0 Å². The lowest BCUT2D eigenvalue weighted by Gasteiger charge is -2.36. The fraction of sp³-hybridized carbons (Fsp3) is 0.650. The van der Waals surface area contributed by atoms with E-state index in [1.165, 1.54) is 0 Å². The molecule has 3 unspecified atom stereocenters. The number of nitrogens with one attached hydrogen (secondary N) is 1. The van der Waals surface area contributed by atoms with Gasteiger partial charge in [-0.25, -0.2) is 4.79 Å². The van der Waals surface area contributed by atoms with Crippen molar-refractivity contribution in [1.82, 2.24) is 10.2 Å². The number of aliphatic hydroxyl groups is 1. The Morgan fingerprint density at radius 3 is 2.41 bits per heavy atom. The lowest BCUT2D eigenvalue weighted by atomic mass is 9.85. The van der Waals surface area contributed by atoms with Crippen molar-refractivity contribution in [3.05, 3.63) is 35.9 Å². The van der Waals surface area contributed by atoms with E-state index in [1.54, 1.807) is 4.90 Å². The predicted octanol–water partition coefficient (Wildman–Crippen LogP) is 4.26. The number of carbonyl (C=O) groups is 1. The number of halogens is 3. The van der Waals surface area contributed by atoms with Gasteiger partial charge in [-0.1, -0.05) is 36.8 Å². The van der Waals surface area contributed by atoms with E-state index >= 15 is 0 Å². The molecule has 0 spiro atoms. The predicted molar refractivity (Wildman–Crippen MR) is 96.0 cm³/mol. The summed E-state index contributed by atoms with van der Waals surface area (Å²) < 4.78 is 38.8. The van der Waals surface area contributed by atoms with Gasteiger partial charge in [0.1, 0.15) is 0 Å². The summed E-state index contributed by atoms with van der Waals surface area (Å²) in [6, 6.07) is 8.77. The molecule has 2 amide bonds. The maximum absolute atomic E-state index is 12.9. The second kappa shape index (κ2) is 8.50. The summed E-state index contributed by atoms with van der Waals surface area (Å²) in [6.07, 6.45) is -2.17. The van der Waals surface area contributed by atoms with Gasteiger partial charge >= 0.3 is 12.2 Å². The molecule has 150 valence electrons. The Morgan fingerprint density at radius 2 is 1.78 bits per heavy atom. The van der Waals surface area contributed by atoms with Gasteiger partial charge in [-0.2, -0.15) is 13.2 Å². The normalized spacial score (nSPS) is 25.9. The first-order chi connectivity index (χ1) is 12.8. The molecule has 2 fully saturated rings. The van der Waals surface area contributed by atoms with Crippen LogP contribution in [0.2, 0.25) is 0 Å². The number of carbonyl (C=O) groups excluding carboxylic acids is 1. The number of alkyl halides is 3. The number of likely N-dealkylation sites (tertiary alicyclic amines) is 1. The third-order valence-corrected chi connectivity index (χ3v) is 5.88. The first kappa shape index (κ1) is 20.0. The van der Waals surface area contributed by atoms with Crippen molar-refractivity contribution < 1.29 is 23.1 Å². The SMILES string of the molecule is O=C(NC1CCCC(C(F)(F)F)C1)N1CCC(C(O)c2ccccc2)CC1. The van der Waals surface area contributed by atoms with Crippen LogP contribution in [0.5, 0.6) is 0 Å². The number of benzene rings is 1. The zero-order valence-electron chi connectivity index (χ0n) is 15.3. The molecule has 1 aromatic carbocycles. The number of hydrogen-bond donors (Lipinski definition) is 2. The van der Waals surface area contributed by atoms with Gasteiger partial charge in [0.05, 0.1) is 12.0 Å². The van der Waals surface area contributed by atoms with Crippen LogP contribution >= 0.6 is 0 Å². The summed E-state index contributed by atoms with van der Waals surface area (Å²) >= 11 is 0. The first-order valence-corrected chi connectivity index (χ1v) is 9.69. The molecule has 7 heteroatoms. The molecule has 1 saturated carbocycles. The van der Waals surface area contributed by atoms with Crippen LogP contribution in [0, 0.1) is 11.8 Å². The molecule has 0 bridgehead atoms. The minimum Gasteiger partial charge on any atom is -0.388 e. The molecule has 0 aromatic heterocycles. The van der Waals surface area contributed by atoms with E-state index in [0.717, 1.165) is 5.56 Å². The van der Waals surface area contributed by atoms with E-state index in [-0.39, 0.29) is 24.8 Å². The van der Waals surface area contributed by atoms with Crippen LogP contribution in [0.1, 0.15) is 50.2 Å². The summed E-state index contributed by atoms with van der Waals surface area (Å²) in [4.78, 5) is 14.1. The molecule has 1 saturated heterocycles. The number of rotatable bonds is 3. The number of aliphatic hydroxyl groups excluding tert-OH is 1. The van der Waals surface area contributed by atoms with Crippen molar-refractivity contribution in [3.63, 3.8) is 0 Å². The van der Waals surface area contributed by atoms with Crippen LogP contribution in [0.25, 0.3) is 0 Å².